The second-order valence-corrected chi connectivity index (χ2v) is 6.46. The molecule has 1 aliphatic rings. The molecule has 1 amide bonds. The van der Waals surface area contributed by atoms with Gasteiger partial charge in [-0.25, -0.2) is 4.79 Å². The second kappa shape index (κ2) is 7.68. The van der Waals surface area contributed by atoms with Gasteiger partial charge in [0.1, 0.15) is 5.75 Å². The number of fused-ring (bicyclic) bond motifs is 1. The number of carbonyl (C=O) groups is 1. The van der Waals surface area contributed by atoms with Crippen molar-refractivity contribution in [3.8, 4) is 5.75 Å². The molecular weight excluding hydrogens is 334 g/mol. The first-order chi connectivity index (χ1) is 12.5. The van der Waals surface area contributed by atoms with Gasteiger partial charge in [-0.15, -0.1) is 0 Å². The van der Waals surface area contributed by atoms with Gasteiger partial charge in [-0.2, -0.15) is 0 Å². The summed E-state index contributed by atoms with van der Waals surface area (Å²) in [5.41, 5.74) is 1.52. The predicted molar refractivity (Wildman–Crippen MR) is 101 cm³/mol. The number of H-pyrrole nitrogens is 1. The average molecular weight is 359 g/mol. The Morgan fingerprint density at radius 1 is 1.31 bits per heavy atom. The maximum atomic E-state index is 12.1. The lowest BCUT2D eigenvalue weighted by atomic mass is 10.0. The van der Waals surface area contributed by atoms with E-state index in [9.17, 15) is 9.59 Å². The van der Waals surface area contributed by atoms with Crippen molar-refractivity contribution in [2.75, 3.05) is 38.8 Å². The third-order valence-corrected chi connectivity index (χ3v) is 4.95. The Labute approximate surface area is 152 Å². The Morgan fingerprint density at radius 2 is 2.04 bits per heavy atom. The van der Waals surface area contributed by atoms with Crippen LogP contribution in [0.3, 0.4) is 0 Å². The number of likely N-dealkylation sites (tertiary alicyclic amines) is 1. The van der Waals surface area contributed by atoms with E-state index in [1.165, 1.54) is 0 Å². The van der Waals surface area contributed by atoms with Crippen molar-refractivity contribution >= 4 is 22.7 Å². The third-order valence-electron chi connectivity index (χ3n) is 4.95. The number of hydrogen-bond donors (Lipinski definition) is 1. The molecule has 1 aliphatic heterocycles. The van der Waals surface area contributed by atoms with Crippen molar-refractivity contribution in [2.24, 2.45) is 0 Å². The lowest BCUT2D eigenvalue weighted by Crippen LogP contribution is -2.46. The zero-order chi connectivity index (χ0) is 18.7. The molecule has 1 aromatic heterocycles. The van der Waals surface area contributed by atoms with E-state index >= 15 is 0 Å². The number of nitrogens with one attached hydrogen (secondary N) is 1. The first-order valence-corrected chi connectivity index (χ1v) is 8.89. The third kappa shape index (κ3) is 3.61. The number of piperidine rings is 1. The Morgan fingerprint density at radius 3 is 2.69 bits per heavy atom. The Kier molecular flexibility index (Phi) is 5.35. The number of benzene rings is 1. The van der Waals surface area contributed by atoms with Crippen LogP contribution < -0.4 is 15.2 Å². The van der Waals surface area contributed by atoms with Crippen LogP contribution in [0.4, 0.5) is 10.5 Å². The molecule has 1 saturated heterocycles. The van der Waals surface area contributed by atoms with E-state index in [0.717, 1.165) is 35.2 Å². The number of nitrogens with zero attached hydrogens (tertiary/aromatic N) is 2. The molecule has 26 heavy (non-hydrogen) atoms. The molecule has 0 unspecified atom stereocenters. The van der Waals surface area contributed by atoms with Crippen LogP contribution in [0, 0.1) is 0 Å². The fourth-order valence-corrected chi connectivity index (χ4v) is 3.48. The van der Waals surface area contributed by atoms with Crippen molar-refractivity contribution < 1.29 is 14.3 Å². The van der Waals surface area contributed by atoms with Crippen molar-refractivity contribution in [2.45, 2.75) is 25.8 Å². The van der Waals surface area contributed by atoms with Crippen molar-refractivity contribution in [3.05, 3.63) is 34.6 Å². The van der Waals surface area contributed by atoms with Gasteiger partial charge in [-0.3, -0.25) is 4.79 Å². The van der Waals surface area contributed by atoms with E-state index < -0.39 is 0 Å². The summed E-state index contributed by atoms with van der Waals surface area (Å²) >= 11 is 0. The molecule has 0 saturated carbocycles. The molecular formula is C19H25N3O4. The zero-order valence-corrected chi connectivity index (χ0v) is 15.4. The standard InChI is InChI=1S/C19H25N3O4/c1-4-26-19(24)22-9-7-13(8-10-22)21(2)17-12-18(23)20-16-6-5-14(25-3)11-15(16)17/h5-6,11-13H,4,7-10H2,1-3H3,(H,20,23). The molecule has 1 N–H and O–H groups in total. The first-order valence-electron chi connectivity index (χ1n) is 8.89. The maximum Gasteiger partial charge on any atom is 0.409 e. The van der Waals surface area contributed by atoms with Crippen LogP contribution in [0.25, 0.3) is 10.9 Å². The molecule has 0 aliphatic carbocycles. The number of ether oxygens (including phenoxy) is 2. The van der Waals surface area contributed by atoms with Crippen LogP contribution in [0.2, 0.25) is 0 Å². The van der Waals surface area contributed by atoms with Crippen LogP contribution in [-0.2, 0) is 4.74 Å². The normalized spacial score (nSPS) is 15.1. The van der Waals surface area contributed by atoms with Gasteiger partial charge in [0.05, 0.1) is 24.9 Å². The van der Waals surface area contributed by atoms with E-state index in [1.54, 1.807) is 18.1 Å². The number of rotatable bonds is 4. The molecule has 1 aromatic carbocycles. The molecule has 7 nitrogen and oxygen atoms in total. The summed E-state index contributed by atoms with van der Waals surface area (Å²) in [6.07, 6.45) is 1.40. The lowest BCUT2D eigenvalue weighted by molar-refractivity contribution is 0.0971. The Hall–Kier alpha value is -2.70. The molecule has 140 valence electrons. The van der Waals surface area contributed by atoms with Gasteiger partial charge in [-0.05, 0) is 38.0 Å². The molecule has 0 radical (unpaired) electrons. The summed E-state index contributed by atoms with van der Waals surface area (Å²) < 4.78 is 10.4. The van der Waals surface area contributed by atoms with Crippen LogP contribution >= 0.6 is 0 Å². The van der Waals surface area contributed by atoms with E-state index in [0.29, 0.717) is 19.7 Å². The molecule has 3 rings (SSSR count). The summed E-state index contributed by atoms with van der Waals surface area (Å²) in [6, 6.07) is 7.50. The van der Waals surface area contributed by atoms with Gasteiger partial charge >= 0.3 is 6.09 Å². The Balaban J connectivity index is 1.83. The highest BCUT2D eigenvalue weighted by molar-refractivity contribution is 5.92. The van der Waals surface area contributed by atoms with Crippen LogP contribution in [0.15, 0.2) is 29.1 Å². The Bertz CT molecular complexity index is 840. The van der Waals surface area contributed by atoms with Gasteiger partial charge in [0.2, 0.25) is 5.56 Å². The number of carbonyl (C=O) groups excluding carboxylic acids is 1. The summed E-state index contributed by atoms with van der Waals surface area (Å²) in [4.78, 5) is 30.7. The van der Waals surface area contributed by atoms with Crippen molar-refractivity contribution in [1.82, 2.24) is 9.88 Å². The number of pyridine rings is 1. The fraction of sp³-hybridized carbons (Fsp3) is 0.474. The smallest absolute Gasteiger partial charge is 0.409 e. The fourth-order valence-electron chi connectivity index (χ4n) is 3.48. The van der Waals surface area contributed by atoms with Gasteiger partial charge in [0.25, 0.3) is 0 Å². The van der Waals surface area contributed by atoms with Crippen molar-refractivity contribution in [1.29, 1.82) is 0 Å². The maximum absolute atomic E-state index is 12.1. The molecule has 7 heteroatoms. The number of amides is 1. The lowest BCUT2D eigenvalue weighted by Gasteiger charge is -2.37. The highest BCUT2D eigenvalue weighted by Gasteiger charge is 2.27. The summed E-state index contributed by atoms with van der Waals surface area (Å²) in [5.74, 6) is 0.747. The minimum absolute atomic E-state index is 0.131. The van der Waals surface area contributed by atoms with Gasteiger partial charge in [0, 0.05) is 37.6 Å². The van der Waals surface area contributed by atoms with E-state index in [4.69, 9.17) is 9.47 Å². The van der Waals surface area contributed by atoms with Gasteiger partial charge < -0.3 is 24.3 Å². The van der Waals surface area contributed by atoms with Gasteiger partial charge in [0.15, 0.2) is 0 Å². The molecule has 1 fully saturated rings. The molecule has 0 bridgehead atoms. The quantitative estimate of drug-likeness (QED) is 0.908. The minimum Gasteiger partial charge on any atom is -0.497 e. The highest BCUT2D eigenvalue weighted by Crippen LogP contribution is 2.30. The average Bonchev–Trinajstić information content (AvgIpc) is 2.66. The SMILES string of the molecule is CCOC(=O)N1CCC(N(C)c2cc(=O)[nH]c3ccc(OC)cc23)CC1. The number of hydrogen-bond acceptors (Lipinski definition) is 5. The van der Waals surface area contributed by atoms with Crippen molar-refractivity contribution in [3.63, 3.8) is 0 Å². The number of anilines is 1. The number of methoxy groups -OCH3 is 1. The minimum atomic E-state index is -0.250. The van der Waals surface area contributed by atoms with Crippen LogP contribution in [0.1, 0.15) is 19.8 Å². The molecule has 2 heterocycles. The van der Waals surface area contributed by atoms with Gasteiger partial charge in [-0.1, -0.05) is 0 Å². The predicted octanol–water partition coefficient (Wildman–Crippen LogP) is 2.59. The zero-order valence-electron chi connectivity index (χ0n) is 15.4. The van der Waals surface area contributed by atoms with E-state index in [1.807, 2.05) is 32.2 Å². The summed E-state index contributed by atoms with van der Waals surface area (Å²) in [5, 5.41) is 0.944. The van der Waals surface area contributed by atoms with E-state index in [2.05, 4.69) is 9.88 Å². The molecule has 2 aromatic rings. The molecule has 0 spiro atoms. The second-order valence-electron chi connectivity index (χ2n) is 6.46. The van der Waals surface area contributed by atoms with Crippen LogP contribution in [0.5, 0.6) is 5.75 Å². The highest BCUT2D eigenvalue weighted by atomic mass is 16.6. The van der Waals surface area contributed by atoms with E-state index in [-0.39, 0.29) is 17.7 Å². The largest absolute Gasteiger partial charge is 0.497 e. The first kappa shape index (κ1) is 18.1. The molecule has 0 atom stereocenters. The summed E-state index contributed by atoms with van der Waals surface area (Å²) in [7, 11) is 3.62. The van der Waals surface area contributed by atoms with Crippen LogP contribution in [-0.4, -0.2) is 55.9 Å². The summed E-state index contributed by atoms with van der Waals surface area (Å²) in [6.45, 7) is 3.50. The number of aromatic amines is 1. The number of aromatic nitrogens is 1. The monoisotopic (exact) mass is 359 g/mol. The topological polar surface area (TPSA) is 74.9 Å².